The number of amides is 1. The Morgan fingerprint density at radius 2 is 2.16 bits per heavy atom. The van der Waals surface area contributed by atoms with Gasteiger partial charge in [-0.3, -0.25) is 4.79 Å². The molecule has 98 valence electrons. The summed E-state index contributed by atoms with van der Waals surface area (Å²) < 4.78 is 5.55. The molecule has 0 unspecified atom stereocenters. The van der Waals surface area contributed by atoms with Gasteiger partial charge >= 0.3 is 0 Å². The number of aromatic nitrogens is 1. The van der Waals surface area contributed by atoms with Crippen LogP contribution < -0.4 is 5.32 Å². The van der Waals surface area contributed by atoms with Gasteiger partial charge in [0.25, 0.3) is 5.91 Å². The molecule has 0 spiro atoms. The third-order valence-electron chi connectivity index (χ3n) is 3.03. The van der Waals surface area contributed by atoms with Crippen LogP contribution in [-0.2, 0) is 0 Å². The van der Waals surface area contributed by atoms with Gasteiger partial charge in [-0.15, -0.1) is 0 Å². The first-order valence-corrected chi connectivity index (χ1v) is 6.56. The molecule has 0 saturated heterocycles. The number of rotatable bonds is 3. The van der Waals surface area contributed by atoms with Crippen molar-refractivity contribution in [2.24, 2.45) is 0 Å². The highest BCUT2D eigenvalue weighted by Crippen LogP contribution is 2.28. The standard InChI is InChI=1S/C14H13ClN2O2/c1-8-12(13(18)16-9-6-7-9)17-14(19-8)10-4-2-3-5-11(10)15/h2-5,9H,6-7H2,1H3,(H,16,18). The lowest BCUT2D eigenvalue weighted by atomic mass is 10.2. The molecule has 0 aliphatic heterocycles. The molecular weight excluding hydrogens is 264 g/mol. The summed E-state index contributed by atoms with van der Waals surface area (Å²) in [6.45, 7) is 1.73. The molecular formula is C14H13ClN2O2. The summed E-state index contributed by atoms with van der Waals surface area (Å²) in [5, 5.41) is 3.45. The van der Waals surface area contributed by atoms with Gasteiger partial charge in [-0.25, -0.2) is 4.98 Å². The second-order valence-corrected chi connectivity index (χ2v) is 5.06. The van der Waals surface area contributed by atoms with Gasteiger partial charge < -0.3 is 9.73 Å². The van der Waals surface area contributed by atoms with Crippen LogP contribution in [0.25, 0.3) is 11.5 Å². The summed E-state index contributed by atoms with van der Waals surface area (Å²) in [4.78, 5) is 16.2. The molecule has 1 fully saturated rings. The van der Waals surface area contributed by atoms with Crippen molar-refractivity contribution in [1.82, 2.24) is 10.3 Å². The number of hydrogen-bond donors (Lipinski definition) is 1. The van der Waals surface area contributed by atoms with E-state index in [2.05, 4.69) is 10.3 Å². The normalized spacial score (nSPS) is 14.4. The Labute approximate surface area is 115 Å². The number of oxazole rings is 1. The number of nitrogens with one attached hydrogen (secondary N) is 1. The fourth-order valence-corrected chi connectivity index (χ4v) is 2.05. The zero-order chi connectivity index (χ0) is 13.4. The lowest BCUT2D eigenvalue weighted by Crippen LogP contribution is -2.26. The first-order chi connectivity index (χ1) is 9.15. The minimum absolute atomic E-state index is 0.179. The van der Waals surface area contributed by atoms with Crippen LogP contribution in [0.1, 0.15) is 29.1 Å². The maximum Gasteiger partial charge on any atom is 0.273 e. The second kappa shape index (κ2) is 4.70. The van der Waals surface area contributed by atoms with E-state index in [1.165, 1.54) is 0 Å². The molecule has 3 rings (SSSR count). The molecule has 19 heavy (non-hydrogen) atoms. The van der Waals surface area contributed by atoms with Crippen molar-refractivity contribution >= 4 is 17.5 Å². The molecule has 1 aliphatic carbocycles. The van der Waals surface area contributed by atoms with E-state index in [-0.39, 0.29) is 5.91 Å². The van der Waals surface area contributed by atoms with Crippen LogP contribution in [0, 0.1) is 6.92 Å². The number of nitrogens with zero attached hydrogens (tertiary/aromatic N) is 1. The van der Waals surface area contributed by atoms with E-state index in [0.717, 1.165) is 12.8 Å². The van der Waals surface area contributed by atoms with Crippen LogP contribution in [-0.4, -0.2) is 16.9 Å². The van der Waals surface area contributed by atoms with Crippen LogP contribution >= 0.6 is 11.6 Å². The summed E-state index contributed by atoms with van der Waals surface area (Å²) in [5.74, 6) is 0.708. The topological polar surface area (TPSA) is 55.1 Å². The lowest BCUT2D eigenvalue weighted by Gasteiger charge is -1.99. The largest absolute Gasteiger partial charge is 0.441 e. The third-order valence-corrected chi connectivity index (χ3v) is 3.36. The van der Waals surface area contributed by atoms with Gasteiger partial charge in [0, 0.05) is 6.04 Å². The molecule has 1 aromatic heterocycles. The highest BCUT2D eigenvalue weighted by molar-refractivity contribution is 6.33. The molecule has 1 amide bonds. The first kappa shape index (κ1) is 12.2. The van der Waals surface area contributed by atoms with Gasteiger partial charge in [-0.2, -0.15) is 0 Å². The van der Waals surface area contributed by atoms with Crippen molar-refractivity contribution in [3.8, 4) is 11.5 Å². The summed E-state index contributed by atoms with van der Waals surface area (Å²) in [6, 6.07) is 7.57. The fraction of sp³-hybridized carbons (Fsp3) is 0.286. The second-order valence-electron chi connectivity index (χ2n) is 4.65. The predicted octanol–water partition coefficient (Wildman–Crippen LogP) is 3.20. The molecule has 0 atom stereocenters. The van der Waals surface area contributed by atoms with Crippen LogP contribution in [0.5, 0.6) is 0 Å². The Bertz CT molecular complexity index is 632. The van der Waals surface area contributed by atoms with Gasteiger partial charge in [0.15, 0.2) is 5.69 Å². The van der Waals surface area contributed by atoms with Gasteiger partial charge in [0.05, 0.1) is 10.6 Å². The smallest absolute Gasteiger partial charge is 0.273 e. The Hall–Kier alpha value is -1.81. The minimum Gasteiger partial charge on any atom is -0.441 e. The van der Waals surface area contributed by atoms with Crippen molar-refractivity contribution in [2.45, 2.75) is 25.8 Å². The van der Waals surface area contributed by atoms with Crippen LogP contribution in [0.4, 0.5) is 0 Å². The van der Waals surface area contributed by atoms with Crippen LogP contribution in [0.2, 0.25) is 5.02 Å². The molecule has 1 N–H and O–H groups in total. The SMILES string of the molecule is Cc1oc(-c2ccccc2Cl)nc1C(=O)NC1CC1. The Balaban J connectivity index is 1.92. The third kappa shape index (κ3) is 2.49. The average Bonchev–Trinajstić information content (AvgIpc) is 3.10. The maximum absolute atomic E-state index is 12.0. The summed E-state index contributed by atoms with van der Waals surface area (Å²) in [6.07, 6.45) is 2.08. The zero-order valence-corrected chi connectivity index (χ0v) is 11.2. The lowest BCUT2D eigenvalue weighted by molar-refractivity contribution is 0.0945. The van der Waals surface area contributed by atoms with Crippen LogP contribution in [0.15, 0.2) is 28.7 Å². The van der Waals surface area contributed by atoms with Gasteiger partial charge in [-0.05, 0) is 31.9 Å². The quantitative estimate of drug-likeness (QED) is 0.937. The monoisotopic (exact) mass is 276 g/mol. The number of benzene rings is 1. The molecule has 1 aliphatic rings. The molecule has 1 saturated carbocycles. The Kier molecular flexibility index (Phi) is 3.03. The van der Waals surface area contributed by atoms with E-state index in [4.69, 9.17) is 16.0 Å². The Morgan fingerprint density at radius 3 is 2.84 bits per heavy atom. The highest BCUT2D eigenvalue weighted by atomic mass is 35.5. The molecule has 1 aromatic carbocycles. The molecule has 4 nitrogen and oxygen atoms in total. The van der Waals surface area contributed by atoms with Gasteiger partial charge in [0.2, 0.25) is 5.89 Å². The van der Waals surface area contributed by atoms with Crippen molar-refractivity contribution in [1.29, 1.82) is 0 Å². The van der Waals surface area contributed by atoms with Crippen molar-refractivity contribution in [2.75, 3.05) is 0 Å². The number of carbonyl (C=O) groups is 1. The van der Waals surface area contributed by atoms with E-state index in [1.807, 2.05) is 18.2 Å². The molecule has 1 heterocycles. The van der Waals surface area contributed by atoms with Crippen molar-refractivity contribution in [3.05, 3.63) is 40.7 Å². The fourth-order valence-electron chi connectivity index (χ4n) is 1.84. The highest BCUT2D eigenvalue weighted by Gasteiger charge is 2.27. The molecule has 5 heteroatoms. The van der Waals surface area contributed by atoms with Gasteiger partial charge in [-0.1, -0.05) is 23.7 Å². The minimum atomic E-state index is -0.179. The number of hydrogen-bond acceptors (Lipinski definition) is 3. The predicted molar refractivity (Wildman–Crippen MR) is 72.2 cm³/mol. The molecule has 2 aromatic rings. The average molecular weight is 277 g/mol. The van der Waals surface area contributed by atoms with E-state index < -0.39 is 0 Å². The summed E-state index contributed by atoms with van der Waals surface area (Å²) >= 11 is 6.09. The van der Waals surface area contributed by atoms with Crippen LogP contribution in [0.3, 0.4) is 0 Å². The maximum atomic E-state index is 12.0. The number of carbonyl (C=O) groups excluding carboxylic acids is 1. The first-order valence-electron chi connectivity index (χ1n) is 6.18. The number of halogens is 1. The Morgan fingerprint density at radius 1 is 1.42 bits per heavy atom. The van der Waals surface area contributed by atoms with Crippen molar-refractivity contribution in [3.63, 3.8) is 0 Å². The number of aryl methyl sites for hydroxylation is 1. The molecule has 0 radical (unpaired) electrons. The van der Waals surface area contributed by atoms with Gasteiger partial charge in [0.1, 0.15) is 5.76 Å². The van der Waals surface area contributed by atoms with E-state index in [1.54, 1.807) is 13.0 Å². The van der Waals surface area contributed by atoms with E-state index >= 15 is 0 Å². The van der Waals surface area contributed by atoms with E-state index in [0.29, 0.717) is 34.0 Å². The van der Waals surface area contributed by atoms with Crippen molar-refractivity contribution < 1.29 is 9.21 Å². The molecule has 0 bridgehead atoms. The zero-order valence-electron chi connectivity index (χ0n) is 10.4. The summed E-state index contributed by atoms with van der Waals surface area (Å²) in [5.41, 5.74) is 1.03. The summed E-state index contributed by atoms with van der Waals surface area (Å²) in [7, 11) is 0. The van der Waals surface area contributed by atoms with E-state index in [9.17, 15) is 4.79 Å².